The van der Waals surface area contributed by atoms with Gasteiger partial charge in [-0.15, -0.1) is 0 Å². The molecule has 2 aliphatic rings. The SMILES string of the molecule is CC1=CCCC(CC2CCC(NC(O)C(C)(C)OCCC(C)C)CC2)C1. The van der Waals surface area contributed by atoms with Gasteiger partial charge in [0.2, 0.25) is 0 Å². The Morgan fingerprint density at radius 2 is 1.85 bits per heavy atom. The van der Waals surface area contributed by atoms with Gasteiger partial charge in [-0.05, 0) is 96.3 Å². The number of nitrogens with one attached hydrogen (secondary N) is 1. The third-order valence-corrected chi connectivity index (χ3v) is 6.41. The highest BCUT2D eigenvalue weighted by molar-refractivity contribution is 5.03. The molecular weight excluding hydrogens is 322 g/mol. The van der Waals surface area contributed by atoms with Crippen molar-refractivity contribution in [3.63, 3.8) is 0 Å². The molecule has 3 nitrogen and oxygen atoms in total. The van der Waals surface area contributed by atoms with Gasteiger partial charge in [-0.3, -0.25) is 5.32 Å². The molecule has 0 aromatic carbocycles. The number of allylic oxidation sites excluding steroid dienone is 2. The van der Waals surface area contributed by atoms with Gasteiger partial charge in [0.05, 0.1) is 0 Å². The fraction of sp³-hybridized carbons (Fsp3) is 0.913. The Bertz CT molecular complexity index is 435. The van der Waals surface area contributed by atoms with Crippen LogP contribution in [0.25, 0.3) is 0 Å². The number of rotatable bonds is 9. The maximum absolute atomic E-state index is 10.6. The summed E-state index contributed by atoms with van der Waals surface area (Å²) in [5.74, 6) is 2.43. The van der Waals surface area contributed by atoms with Crippen LogP contribution >= 0.6 is 0 Å². The standard InChI is InChI=1S/C23H43NO2/c1-17(2)13-14-26-23(4,5)22(25)24-21-11-9-19(10-12-21)16-20-8-6-7-18(3)15-20/h7,17,19-22,24-25H,6,8-16H2,1-5H3. The van der Waals surface area contributed by atoms with Crippen LogP contribution in [0.3, 0.4) is 0 Å². The highest BCUT2D eigenvalue weighted by atomic mass is 16.5. The van der Waals surface area contributed by atoms with Crippen molar-refractivity contribution in [3.8, 4) is 0 Å². The molecule has 1 saturated carbocycles. The van der Waals surface area contributed by atoms with Crippen molar-refractivity contribution in [2.45, 2.75) is 110 Å². The smallest absolute Gasteiger partial charge is 0.133 e. The molecular formula is C23H43NO2. The van der Waals surface area contributed by atoms with E-state index in [2.05, 4.69) is 32.2 Å². The van der Waals surface area contributed by atoms with E-state index in [1.165, 1.54) is 51.4 Å². The van der Waals surface area contributed by atoms with Crippen LogP contribution in [0.5, 0.6) is 0 Å². The third-order valence-electron chi connectivity index (χ3n) is 6.41. The average molecular weight is 366 g/mol. The molecule has 0 saturated heterocycles. The van der Waals surface area contributed by atoms with Gasteiger partial charge in [0.1, 0.15) is 11.8 Å². The van der Waals surface area contributed by atoms with Gasteiger partial charge in [0, 0.05) is 12.6 Å². The predicted octanol–water partition coefficient (Wildman–Crippen LogP) is 5.43. The monoisotopic (exact) mass is 365 g/mol. The van der Waals surface area contributed by atoms with Crippen LogP contribution in [0.4, 0.5) is 0 Å². The molecule has 0 amide bonds. The zero-order valence-corrected chi connectivity index (χ0v) is 17.9. The molecule has 0 aliphatic heterocycles. The fourth-order valence-electron chi connectivity index (χ4n) is 4.50. The highest BCUT2D eigenvalue weighted by Gasteiger charge is 2.32. The first-order valence-electron chi connectivity index (χ1n) is 11.0. The maximum Gasteiger partial charge on any atom is 0.133 e. The van der Waals surface area contributed by atoms with Crippen LogP contribution in [0.15, 0.2) is 11.6 Å². The fourth-order valence-corrected chi connectivity index (χ4v) is 4.50. The lowest BCUT2D eigenvalue weighted by Crippen LogP contribution is -2.53. The van der Waals surface area contributed by atoms with Gasteiger partial charge in [-0.1, -0.05) is 25.5 Å². The summed E-state index contributed by atoms with van der Waals surface area (Å²) in [7, 11) is 0. The van der Waals surface area contributed by atoms with E-state index in [0.29, 0.717) is 18.6 Å². The second kappa shape index (κ2) is 10.2. The van der Waals surface area contributed by atoms with E-state index >= 15 is 0 Å². The zero-order valence-electron chi connectivity index (χ0n) is 17.9. The van der Waals surface area contributed by atoms with Gasteiger partial charge in [-0.2, -0.15) is 0 Å². The molecule has 2 rings (SSSR count). The molecule has 0 bridgehead atoms. The molecule has 0 heterocycles. The second-order valence-corrected chi connectivity index (χ2v) is 9.85. The van der Waals surface area contributed by atoms with Crippen LogP contribution in [-0.2, 0) is 4.74 Å². The minimum atomic E-state index is -0.595. The molecule has 2 atom stereocenters. The summed E-state index contributed by atoms with van der Waals surface area (Å²) in [6.45, 7) is 11.4. The van der Waals surface area contributed by atoms with Crippen molar-refractivity contribution in [2.75, 3.05) is 6.61 Å². The van der Waals surface area contributed by atoms with Crippen molar-refractivity contribution in [3.05, 3.63) is 11.6 Å². The predicted molar refractivity (Wildman–Crippen MR) is 110 cm³/mol. The lowest BCUT2D eigenvalue weighted by atomic mass is 9.76. The summed E-state index contributed by atoms with van der Waals surface area (Å²) in [4.78, 5) is 0. The summed E-state index contributed by atoms with van der Waals surface area (Å²) < 4.78 is 5.96. The quantitative estimate of drug-likeness (QED) is 0.423. The summed E-state index contributed by atoms with van der Waals surface area (Å²) in [5.41, 5.74) is 1.07. The Labute approximate surface area is 162 Å². The molecule has 0 aromatic rings. The van der Waals surface area contributed by atoms with Gasteiger partial charge >= 0.3 is 0 Å². The molecule has 0 aromatic heterocycles. The van der Waals surface area contributed by atoms with E-state index in [0.717, 1.165) is 18.3 Å². The lowest BCUT2D eigenvalue weighted by Gasteiger charge is -2.37. The van der Waals surface area contributed by atoms with E-state index in [1.807, 2.05) is 13.8 Å². The van der Waals surface area contributed by atoms with Gasteiger partial charge < -0.3 is 9.84 Å². The third kappa shape index (κ3) is 7.32. The Morgan fingerprint density at radius 1 is 1.15 bits per heavy atom. The number of hydrogen-bond donors (Lipinski definition) is 2. The van der Waals surface area contributed by atoms with Crippen molar-refractivity contribution < 1.29 is 9.84 Å². The highest BCUT2D eigenvalue weighted by Crippen LogP contribution is 2.35. The molecule has 2 unspecified atom stereocenters. The van der Waals surface area contributed by atoms with Crippen molar-refractivity contribution >= 4 is 0 Å². The van der Waals surface area contributed by atoms with Crippen molar-refractivity contribution in [1.82, 2.24) is 5.32 Å². The number of aliphatic hydroxyl groups excluding tert-OH is 1. The molecule has 26 heavy (non-hydrogen) atoms. The molecule has 3 heteroatoms. The van der Waals surface area contributed by atoms with E-state index < -0.39 is 11.8 Å². The van der Waals surface area contributed by atoms with E-state index in [-0.39, 0.29) is 0 Å². The molecule has 152 valence electrons. The van der Waals surface area contributed by atoms with Crippen LogP contribution in [-0.4, -0.2) is 29.6 Å². The van der Waals surface area contributed by atoms with Gasteiger partial charge in [0.15, 0.2) is 0 Å². The topological polar surface area (TPSA) is 41.5 Å². The largest absolute Gasteiger partial charge is 0.376 e. The minimum absolute atomic E-state index is 0.433. The summed E-state index contributed by atoms with van der Waals surface area (Å²) in [6, 6.07) is 0.433. The average Bonchev–Trinajstić information content (AvgIpc) is 2.56. The molecule has 0 spiro atoms. The molecule has 2 N–H and O–H groups in total. The van der Waals surface area contributed by atoms with Crippen molar-refractivity contribution in [1.29, 1.82) is 0 Å². The Morgan fingerprint density at radius 3 is 2.46 bits per heavy atom. The lowest BCUT2D eigenvalue weighted by molar-refractivity contribution is -0.119. The van der Waals surface area contributed by atoms with Crippen LogP contribution < -0.4 is 5.32 Å². The van der Waals surface area contributed by atoms with Crippen LogP contribution in [0.2, 0.25) is 0 Å². The number of hydrogen-bond acceptors (Lipinski definition) is 3. The van der Waals surface area contributed by atoms with Crippen molar-refractivity contribution in [2.24, 2.45) is 17.8 Å². The number of ether oxygens (including phenoxy) is 1. The van der Waals surface area contributed by atoms with E-state index in [1.54, 1.807) is 5.57 Å². The first kappa shape index (κ1) is 21.9. The Balaban J connectivity index is 1.68. The maximum atomic E-state index is 10.6. The first-order chi connectivity index (χ1) is 12.3. The Hall–Kier alpha value is -0.380. The minimum Gasteiger partial charge on any atom is -0.376 e. The normalized spacial score (nSPS) is 28.9. The zero-order chi connectivity index (χ0) is 19.2. The molecule has 0 radical (unpaired) electrons. The molecule has 2 aliphatic carbocycles. The second-order valence-electron chi connectivity index (χ2n) is 9.85. The van der Waals surface area contributed by atoms with Gasteiger partial charge in [-0.25, -0.2) is 0 Å². The summed E-state index contributed by atoms with van der Waals surface area (Å²) in [6.07, 6.45) is 13.2. The summed E-state index contributed by atoms with van der Waals surface area (Å²) >= 11 is 0. The van der Waals surface area contributed by atoms with Crippen LogP contribution in [0, 0.1) is 17.8 Å². The van der Waals surface area contributed by atoms with Gasteiger partial charge in [0.25, 0.3) is 0 Å². The number of aliphatic hydroxyl groups is 1. The van der Waals surface area contributed by atoms with E-state index in [4.69, 9.17) is 4.74 Å². The summed E-state index contributed by atoms with van der Waals surface area (Å²) in [5, 5.41) is 14.1. The molecule has 1 fully saturated rings. The van der Waals surface area contributed by atoms with E-state index in [9.17, 15) is 5.11 Å². The first-order valence-corrected chi connectivity index (χ1v) is 11.0. The Kier molecular flexibility index (Phi) is 8.63. The van der Waals surface area contributed by atoms with Crippen LogP contribution in [0.1, 0.15) is 92.4 Å².